The van der Waals surface area contributed by atoms with Crippen LogP contribution in [0.2, 0.25) is 0 Å². The van der Waals surface area contributed by atoms with Crippen molar-refractivity contribution in [3.8, 4) is 6.07 Å². The van der Waals surface area contributed by atoms with Gasteiger partial charge in [0, 0.05) is 30.1 Å². The molecule has 164 valence electrons. The summed E-state index contributed by atoms with van der Waals surface area (Å²) in [6, 6.07) is 3.46. The third kappa shape index (κ3) is 5.05. The van der Waals surface area contributed by atoms with E-state index >= 15 is 0 Å². The number of carbonyl (C=O) groups is 2. The maximum atomic E-state index is 13.1. The van der Waals surface area contributed by atoms with Crippen molar-refractivity contribution in [3.05, 3.63) is 54.6 Å². The Balaban J connectivity index is 1.65. The van der Waals surface area contributed by atoms with Gasteiger partial charge in [-0.2, -0.15) is 5.26 Å². The largest absolute Gasteiger partial charge is 0.344 e. The third-order valence-corrected chi connectivity index (χ3v) is 6.88. The summed E-state index contributed by atoms with van der Waals surface area (Å²) in [7, 11) is 0. The van der Waals surface area contributed by atoms with E-state index in [1.165, 1.54) is 10.4 Å². The summed E-state index contributed by atoms with van der Waals surface area (Å²) in [4.78, 5) is 43.5. The summed E-state index contributed by atoms with van der Waals surface area (Å²) in [5, 5.41) is 14.2. The number of aromatic amines is 1. The van der Waals surface area contributed by atoms with Gasteiger partial charge in [-0.3, -0.25) is 14.4 Å². The quantitative estimate of drug-likeness (QED) is 0.690. The highest BCUT2D eigenvalue weighted by Gasteiger charge is 2.28. The van der Waals surface area contributed by atoms with Gasteiger partial charge in [-0.05, 0) is 61.2 Å². The van der Waals surface area contributed by atoms with Gasteiger partial charge in [0.05, 0.1) is 0 Å². The van der Waals surface area contributed by atoms with Crippen LogP contribution in [-0.4, -0.2) is 34.3 Å². The fraction of sp³-hybridized carbons (Fsp3) is 0.478. The number of carbonyl (C=O) groups excluding carboxylic acids is 2. The number of H-pyrrole nitrogens is 1. The Bertz CT molecular complexity index is 1080. The van der Waals surface area contributed by atoms with E-state index in [-0.39, 0.29) is 23.8 Å². The van der Waals surface area contributed by atoms with E-state index in [2.05, 4.69) is 21.7 Å². The van der Waals surface area contributed by atoms with E-state index in [0.717, 1.165) is 18.4 Å². The van der Waals surface area contributed by atoms with E-state index in [1.54, 1.807) is 25.2 Å². The van der Waals surface area contributed by atoms with Gasteiger partial charge in [-0.25, -0.2) is 0 Å². The molecule has 1 unspecified atom stereocenters. The van der Waals surface area contributed by atoms with Crippen LogP contribution in [0.25, 0.3) is 0 Å². The molecule has 8 heteroatoms. The second-order valence-electron chi connectivity index (χ2n) is 7.96. The van der Waals surface area contributed by atoms with Crippen molar-refractivity contribution >= 4 is 23.2 Å². The number of nitrogens with one attached hydrogen (secondary N) is 2. The Morgan fingerprint density at radius 3 is 2.87 bits per heavy atom. The van der Waals surface area contributed by atoms with Gasteiger partial charge in [0.1, 0.15) is 17.7 Å². The predicted octanol–water partition coefficient (Wildman–Crippen LogP) is 2.73. The molecule has 0 spiro atoms. The van der Waals surface area contributed by atoms with E-state index in [9.17, 15) is 19.6 Å². The SMILES string of the molecule is CCCC(NC(=O)CCc1c(C)[nH]c(=O)c(C#N)c1C)C(=O)N1CCc2sccc2C1. The summed E-state index contributed by atoms with van der Waals surface area (Å²) in [5.74, 6) is -0.237. The smallest absolute Gasteiger partial charge is 0.266 e. The Hall–Kier alpha value is -2.92. The van der Waals surface area contributed by atoms with E-state index < -0.39 is 11.6 Å². The minimum atomic E-state index is -0.537. The third-order valence-electron chi connectivity index (χ3n) is 5.85. The number of thiophene rings is 1. The minimum Gasteiger partial charge on any atom is -0.344 e. The standard InChI is InChI=1S/C23H28N4O3S/c1-4-5-19(23(30)27-10-8-20-16(13-27)9-11-31-20)26-21(28)7-6-17-14(2)18(12-24)22(29)25-15(17)3/h9,11,19H,4-8,10,13H2,1-3H3,(H,25,29)(H,26,28). The summed E-state index contributed by atoms with van der Waals surface area (Å²) >= 11 is 1.73. The molecule has 1 aliphatic heterocycles. The van der Waals surface area contributed by atoms with Crippen molar-refractivity contribution in [2.45, 2.75) is 65.5 Å². The molecular formula is C23H28N4O3S. The van der Waals surface area contributed by atoms with E-state index in [0.29, 0.717) is 37.2 Å². The lowest BCUT2D eigenvalue weighted by atomic mass is 9.98. The average molecular weight is 441 g/mol. The Morgan fingerprint density at radius 1 is 1.39 bits per heavy atom. The van der Waals surface area contributed by atoms with Crippen molar-refractivity contribution in [2.24, 2.45) is 0 Å². The molecule has 2 amide bonds. The first-order valence-corrected chi connectivity index (χ1v) is 11.5. The van der Waals surface area contributed by atoms with Gasteiger partial charge >= 0.3 is 0 Å². The fourth-order valence-electron chi connectivity index (χ4n) is 4.13. The molecule has 31 heavy (non-hydrogen) atoms. The Morgan fingerprint density at radius 2 is 2.16 bits per heavy atom. The Kier molecular flexibility index (Phi) is 7.29. The molecule has 1 aliphatic rings. The lowest BCUT2D eigenvalue weighted by molar-refractivity contribution is -0.137. The number of hydrogen-bond acceptors (Lipinski definition) is 5. The van der Waals surface area contributed by atoms with Crippen molar-refractivity contribution < 1.29 is 9.59 Å². The summed E-state index contributed by atoms with van der Waals surface area (Å²) < 4.78 is 0. The topological polar surface area (TPSA) is 106 Å². The molecule has 0 saturated heterocycles. The lowest BCUT2D eigenvalue weighted by Crippen LogP contribution is -2.49. The monoisotopic (exact) mass is 440 g/mol. The zero-order chi connectivity index (χ0) is 22.5. The molecule has 0 radical (unpaired) electrons. The second-order valence-corrected chi connectivity index (χ2v) is 8.96. The minimum absolute atomic E-state index is 0.0322. The van der Waals surface area contributed by atoms with E-state index in [1.807, 2.05) is 17.9 Å². The van der Waals surface area contributed by atoms with Crippen LogP contribution in [-0.2, 0) is 29.0 Å². The van der Waals surface area contributed by atoms with Crippen LogP contribution in [0.1, 0.15) is 59.0 Å². The first-order valence-electron chi connectivity index (χ1n) is 10.6. The molecule has 2 N–H and O–H groups in total. The molecule has 0 fully saturated rings. The first kappa shape index (κ1) is 22.8. The number of amides is 2. The average Bonchev–Trinajstić information content (AvgIpc) is 3.20. The lowest BCUT2D eigenvalue weighted by Gasteiger charge is -2.31. The number of hydrogen-bond donors (Lipinski definition) is 2. The van der Waals surface area contributed by atoms with Gasteiger partial charge in [-0.15, -0.1) is 11.3 Å². The van der Waals surface area contributed by atoms with Gasteiger partial charge in [0.25, 0.3) is 5.56 Å². The number of aryl methyl sites for hydroxylation is 1. The molecule has 3 heterocycles. The van der Waals surface area contributed by atoms with Crippen LogP contribution in [0.4, 0.5) is 0 Å². The van der Waals surface area contributed by atoms with Gasteiger partial charge in [0.15, 0.2) is 0 Å². The van der Waals surface area contributed by atoms with Crippen molar-refractivity contribution in [1.29, 1.82) is 5.26 Å². The molecule has 0 bridgehead atoms. The van der Waals surface area contributed by atoms with Crippen LogP contribution < -0.4 is 10.9 Å². The number of nitrogens with zero attached hydrogens (tertiary/aromatic N) is 2. The molecule has 3 rings (SSSR count). The molecule has 2 aromatic rings. The summed E-state index contributed by atoms with van der Waals surface area (Å²) in [6.45, 7) is 6.76. The zero-order valence-corrected chi connectivity index (χ0v) is 19.0. The molecule has 0 aromatic carbocycles. The van der Waals surface area contributed by atoms with Gasteiger partial charge < -0.3 is 15.2 Å². The molecule has 7 nitrogen and oxygen atoms in total. The summed E-state index contributed by atoms with van der Waals surface area (Å²) in [6.07, 6.45) is 2.81. The fourth-order valence-corrected chi connectivity index (χ4v) is 5.02. The van der Waals surface area contributed by atoms with Crippen LogP contribution in [0.3, 0.4) is 0 Å². The van der Waals surface area contributed by atoms with Gasteiger partial charge in [-0.1, -0.05) is 13.3 Å². The highest BCUT2D eigenvalue weighted by molar-refractivity contribution is 7.10. The van der Waals surface area contributed by atoms with E-state index in [4.69, 9.17) is 0 Å². The Labute approximate surface area is 186 Å². The van der Waals surface area contributed by atoms with Crippen LogP contribution >= 0.6 is 11.3 Å². The molecular weight excluding hydrogens is 412 g/mol. The molecule has 2 aromatic heterocycles. The molecule has 0 aliphatic carbocycles. The summed E-state index contributed by atoms with van der Waals surface area (Å²) in [5.41, 5.74) is 2.94. The second kappa shape index (κ2) is 9.92. The van der Waals surface area contributed by atoms with Gasteiger partial charge in [0.2, 0.25) is 11.8 Å². The number of aromatic nitrogens is 1. The van der Waals surface area contributed by atoms with Crippen LogP contribution in [0.15, 0.2) is 16.2 Å². The van der Waals surface area contributed by atoms with Crippen LogP contribution in [0, 0.1) is 25.2 Å². The normalized spacial score (nSPS) is 13.9. The number of pyridine rings is 1. The first-order chi connectivity index (χ1) is 14.8. The molecule has 1 atom stereocenters. The molecule has 0 saturated carbocycles. The van der Waals surface area contributed by atoms with Crippen molar-refractivity contribution in [2.75, 3.05) is 6.54 Å². The predicted molar refractivity (Wildman–Crippen MR) is 120 cm³/mol. The highest BCUT2D eigenvalue weighted by atomic mass is 32.1. The van der Waals surface area contributed by atoms with Crippen LogP contribution in [0.5, 0.6) is 0 Å². The number of nitriles is 1. The zero-order valence-electron chi connectivity index (χ0n) is 18.2. The van der Waals surface area contributed by atoms with Crippen molar-refractivity contribution in [3.63, 3.8) is 0 Å². The maximum Gasteiger partial charge on any atom is 0.266 e. The highest BCUT2D eigenvalue weighted by Crippen LogP contribution is 2.24. The number of rotatable bonds is 7. The number of fused-ring (bicyclic) bond motifs is 1. The van der Waals surface area contributed by atoms with Crippen molar-refractivity contribution in [1.82, 2.24) is 15.2 Å². The maximum absolute atomic E-state index is 13.1.